The maximum Gasteiger partial charge on any atom is 0.241 e. The standard InChI is InChI=1S/C17H17FN4O2.ClH/c18-13-4-1-3-12(9-13)14-10-19-6-7-22(14)11-16-20-17(21-24-16)15-5-2-8-23-15;/h1-5,8-9,14,19H,6-7,10-11H2;1H. The fourth-order valence-corrected chi connectivity index (χ4v) is 2.98. The topological polar surface area (TPSA) is 67.3 Å². The van der Waals surface area contributed by atoms with Crippen molar-refractivity contribution in [1.29, 1.82) is 0 Å². The lowest BCUT2D eigenvalue weighted by Crippen LogP contribution is -2.45. The van der Waals surface area contributed by atoms with Crippen molar-refractivity contribution in [3.63, 3.8) is 0 Å². The molecule has 8 heteroatoms. The first-order valence-corrected chi connectivity index (χ1v) is 7.86. The molecule has 1 aliphatic heterocycles. The van der Waals surface area contributed by atoms with Gasteiger partial charge in [-0.15, -0.1) is 12.4 Å². The molecule has 25 heavy (non-hydrogen) atoms. The van der Waals surface area contributed by atoms with Crippen LogP contribution >= 0.6 is 12.4 Å². The van der Waals surface area contributed by atoms with E-state index in [9.17, 15) is 4.39 Å². The van der Waals surface area contributed by atoms with Gasteiger partial charge in [0.15, 0.2) is 5.76 Å². The number of nitrogens with one attached hydrogen (secondary N) is 1. The van der Waals surface area contributed by atoms with Crippen LogP contribution in [0.4, 0.5) is 4.39 Å². The van der Waals surface area contributed by atoms with Crippen LogP contribution in [-0.2, 0) is 6.54 Å². The van der Waals surface area contributed by atoms with Crippen molar-refractivity contribution in [3.8, 4) is 11.6 Å². The largest absolute Gasteiger partial charge is 0.461 e. The van der Waals surface area contributed by atoms with Gasteiger partial charge in [-0.05, 0) is 29.8 Å². The molecule has 1 saturated heterocycles. The zero-order valence-corrected chi connectivity index (χ0v) is 14.2. The monoisotopic (exact) mass is 364 g/mol. The molecule has 1 unspecified atom stereocenters. The molecule has 3 heterocycles. The fraction of sp³-hybridized carbons (Fsp3) is 0.294. The molecule has 3 aromatic rings. The number of furan rings is 1. The molecule has 1 aromatic carbocycles. The summed E-state index contributed by atoms with van der Waals surface area (Å²) in [6, 6.07) is 10.3. The fourth-order valence-electron chi connectivity index (χ4n) is 2.98. The average molecular weight is 365 g/mol. The van der Waals surface area contributed by atoms with Crippen molar-refractivity contribution < 1.29 is 13.3 Å². The minimum absolute atomic E-state index is 0. The molecule has 0 aliphatic carbocycles. The second-order valence-electron chi connectivity index (χ2n) is 5.73. The minimum Gasteiger partial charge on any atom is -0.461 e. The normalized spacial score (nSPS) is 18.0. The number of hydrogen-bond acceptors (Lipinski definition) is 6. The molecular formula is C17H18ClFN4O2. The molecule has 0 radical (unpaired) electrons. The van der Waals surface area contributed by atoms with Crippen LogP contribution in [-0.4, -0.2) is 34.7 Å². The molecule has 1 N–H and O–H groups in total. The van der Waals surface area contributed by atoms with E-state index in [4.69, 9.17) is 8.94 Å². The summed E-state index contributed by atoms with van der Waals surface area (Å²) in [6.45, 7) is 2.95. The van der Waals surface area contributed by atoms with Crippen molar-refractivity contribution in [2.24, 2.45) is 0 Å². The molecule has 132 valence electrons. The number of hydrogen-bond donors (Lipinski definition) is 1. The van der Waals surface area contributed by atoms with Gasteiger partial charge in [-0.1, -0.05) is 17.3 Å². The van der Waals surface area contributed by atoms with E-state index in [-0.39, 0.29) is 24.3 Å². The molecule has 6 nitrogen and oxygen atoms in total. The predicted molar refractivity (Wildman–Crippen MR) is 91.7 cm³/mol. The van der Waals surface area contributed by atoms with Gasteiger partial charge in [0, 0.05) is 25.7 Å². The summed E-state index contributed by atoms with van der Waals surface area (Å²) in [5.74, 6) is 1.31. The summed E-state index contributed by atoms with van der Waals surface area (Å²) >= 11 is 0. The highest BCUT2D eigenvalue weighted by Gasteiger charge is 2.26. The van der Waals surface area contributed by atoms with E-state index < -0.39 is 0 Å². The lowest BCUT2D eigenvalue weighted by atomic mass is 10.0. The average Bonchev–Trinajstić information content (AvgIpc) is 3.26. The molecule has 0 amide bonds. The van der Waals surface area contributed by atoms with Crippen molar-refractivity contribution in [3.05, 3.63) is 59.9 Å². The summed E-state index contributed by atoms with van der Waals surface area (Å²) < 4.78 is 24.2. The van der Waals surface area contributed by atoms with E-state index in [1.807, 2.05) is 6.07 Å². The second-order valence-corrected chi connectivity index (χ2v) is 5.73. The molecule has 2 aromatic heterocycles. The molecule has 1 aliphatic rings. The predicted octanol–water partition coefficient (Wildman–Crippen LogP) is 3.04. The van der Waals surface area contributed by atoms with Crippen molar-refractivity contribution in [2.45, 2.75) is 12.6 Å². The molecule has 1 atom stereocenters. The SMILES string of the molecule is Cl.Fc1cccc(C2CNCCN2Cc2nc(-c3ccco3)no2)c1. The Kier molecular flexibility index (Phi) is 5.47. The van der Waals surface area contributed by atoms with Gasteiger partial charge in [0.25, 0.3) is 0 Å². The zero-order valence-electron chi connectivity index (χ0n) is 13.4. The second kappa shape index (κ2) is 7.77. The van der Waals surface area contributed by atoms with E-state index >= 15 is 0 Å². The number of benzene rings is 1. The zero-order chi connectivity index (χ0) is 16.4. The van der Waals surface area contributed by atoms with Crippen LogP contribution in [0, 0.1) is 5.82 Å². The van der Waals surface area contributed by atoms with Gasteiger partial charge < -0.3 is 14.3 Å². The summed E-state index contributed by atoms with van der Waals surface area (Å²) in [5.41, 5.74) is 0.938. The summed E-state index contributed by atoms with van der Waals surface area (Å²) in [7, 11) is 0. The van der Waals surface area contributed by atoms with Crippen LogP contribution in [0.2, 0.25) is 0 Å². The maximum absolute atomic E-state index is 13.5. The lowest BCUT2D eigenvalue weighted by molar-refractivity contribution is 0.135. The first-order chi connectivity index (χ1) is 11.8. The molecular weight excluding hydrogens is 347 g/mol. The Balaban J connectivity index is 0.00000182. The third-order valence-corrected chi connectivity index (χ3v) is 4.14. The Labute approximate surface area is 150 Å². The molecule has 0 spiro atoms. The van der Waals surface area contributed by atoms with Crippen molar-refractivity contribution in [1.82, 2.24) is 20.4 Å². The van der Waals surface area contributed by atoms with Gasteiger partial charge in [0.1, 0.15) is 5.82 Å². The Morgan fingerprint density at radius 3 is 3.00 bits per heavy atom. The molecule has 0 bridgehead atoms. The highest BCUT2D eigenvalue weighted by Crippen LogP contribution is 2.25. The van der Waals surface area contributed by atoms with E-state index in [0.29, 0.717) is 24.0 Å². The first-order valence-electron chi connectivity index (χ1n) is 7.86. The highest BCUT2D eigenvalue weighted by molar-refractivity contribution is 5.85. The van der Waals surface area contributed by atoms with Gasteiger partial charge in [0.2, 0.25) is 11.7 Å². The van der Waals surface area contributed by atoms with Crippen molar-refractivity contribution >= 4 is 12.4 Å². The van der Waals surface area contributed by atoms with E-state index in [1.54, 1.807) is 30.5 Å². The molecule has 1 fully saturated rings. The molecule has 4 rings (SSSR count). The quantitative estimate of drug-likeness (QED) is 0.767. The van der Waals surface area contributed by atoms with Crippen LogP contribution in [0.3, 0.4) is 0 Å². The Morgan fingerprint density at radius 1 is 1.28 bits per heavy atom. The minimum atomic E-state index is -0.226. The van der Waals surface area contributed by atoms with Crippen molar-refractivity contribution in [2.75, 3.05) is 19.6 Å². The van der Waals surface area contributed by atoms with Crippen LogP contribution in [0.1, 0.15) is 17.5 Å². The number of halogens is 2. The summed E-state index contributed by atoms with van der Waals surface area (Å²) in [4.78, 5) is 6.60. The number of piperazine rings is 1. The molecule has 0 saturated carbocycles. The van der Waals surface area contributed by atoms with Gasteiger partial charge >= 0.3 is 0 Å². The number of nitrogens with zero attached hydrogens (tertiary/aromatic N) is 3. The van der Waals surface area contributed by atoms with E-state index in [0.717, 1.165) is 25.2 Å². The van der Waals surface area contributed by atoms with E-state index in [1.165, 1.54) is 6.07 Å². The third-order valence-electron chi connectivity index (χ3n) is 4.14. The smallest absolute Gasteiger partial charge is 0.241 e. The van der Waals surface area contributed by atoms with Crippen LogP contribution in [0.15, 0.2) is 51.6 Å². The lowest BCUT2D eigenvalue weighted by Gasteiger charge is -2.35. The van der Waals surface area contributed by atoms with Gasteiger partial charge in [-0.25, -0.2) is 4.39 Å². The van der Waals surface area contributed by atoms with Crippen LogP contribution in [0.25, 0.3) is 11.6 Å². The first kappa shape index (κ1) is 17.6. The summed E-state index contributed by atoms with van der Waals surface area (Å²) in [6.07, 6.45) is 1.57. The van der Waals surface area contributed by atoms with E-state index in [2.05, 4.69) is 20.4 Å². The number of aromatic nitrogens is 2. The number of rotatable bonds is 4. The van der Waals surface area contributed by atoms with Gasteiger partial charge in [-0.3, -0.25) is 4.90 Å². The maximum atomic E-state index is 13.5. The Bertz CT molecular complexity index is 809. The highest BCUT2D eigenvalue weighted by atomic mass is 35.5. The van der Waals surface area contributed by atoms with Gasteiger partial charge in [0.05, 0.1) is 12.8 Å². The Morgan fingerprint density at radius 2 is 2.20 bits per heavy atom. The van der Waals surface area contributed by atoms with Gasteiger partial charge in [-0.2, -0.15) is 4.98 Å². The Hall–Kier alpha value is -2.22. The van der Waals surface area contributed by atoms with Crippen LogP contribution < -0.4 is 5.32 Å². The summed E-state index contributed by atoms with van der Waals surface area (Å²) in [5, 5.41) is 7.30. The third kappa shape index (κ3) is 3.89. The van der Waals surface area contributed by atoms with Crippen LogP contribution in [0.5, 0.6) is 0 Å².